The minimum atomic E-state index is -3.62. The normalized spacial score (nSPS) is 14.6. The topological polar surface area (TPSA) is 78.5 Å². The van der Waals surface area contributed by atoms with Gasteiger partial charge in [0.1, 0.15) is 0 Å². The minimum Gasteiger partial charge on any atom is -0.372 e. The van der Waals surface area contributed by atoms with E-state index < -0.39 is 10.0 Å². The van der Waals surface area contributed by atoms with Gasteiger partial charge >= 0.3 is 0 Å². The highest BCUT2D eigenvalue weighted by Crippen LogP contribution is 2.25. The Bertz CT molecular complexity index is 972. The predicted molar refractivity (Wildman–Crippen MR) is 122 cm³/mol. The Morgan fingerprint density at radius 3 is 2.17 bits per heavy atom. The zero-order chi connectivity index (χ0) is 21.7. The van der Waals surface area contributed by atoms with Gasteiger partial charge in [-0.15, -0.1) is 0 Å². The Morgan fingerprint density at radius 1 is 1.00 bits per heavy atom. The summed E-state index contributed by atoms with van der Waals surface area (Å²) in [4.78, 5) is 14.0. The molecule has 0 saturated carbocycles. The number of nitrogens with one attached hydrogen (secondary N) is 2. The van der Waals surface area contributed by atoms with Crippen LogP contribution in [-0.2, 0) is 21.2 Å². The van der Waals surface area contributed by atoms with Crippen molar-refractivity contribution in [3.8, 4) is 0 Å². The van der Waals surface area contributed by atoms with Crippen LogP contribution in [-0.4, -0.2) is 34.0 Å². The molecule has 7 heteroatoms. The minimum absolute atomic E-state index is 0.179. The lowest BCUT2D eigenvalue weighted by Gasteiger charge is -2.28. The van der Waals surface area contributed by atoms with Gasteiger partial charge in [-0.1, -0.05) is 12.1 Å². The van der Waals surface area contributed by atoms with E-state index in [-0.39, 0.29) is 10.8 Å². The van der Waals surface area contributed by atoms with E-state index in [0.717, 1.165) is 29.8 Å². The number of sulfonamides is 1. The number of amides is 1. The summed E-state index contributed by atoms with van der Waals surface area (Å²) >= 11 is 0. The zero-order valence-electron chi connectivity index (χ0n) is 18.0. The van der Waals surface area contributed by atoms with Crippen molar-refractivity contribution in [2.45, 2.75) is 51.3 Å². The number of hydrogen-bond donors (Lipinski definition) is 2. The van der Waals surface area contributed by atoms with E-state index in [4.69, 9.17) is 0 Å². The first-order valence-electron chi connectivity index (χ1n) is 10.5. The van der Waals surface area contributed by atoms with E-state index in [2.05, 4.69) is 39.2 Å². The van der Waals surface area contributed by atoms with Gasteiger partial charge in [-0.3, -0.25) is 4.79 Å². The summed E-state index contributed by atoms with van der Waals surface area (Å²) in [5.41, 5.74) is 4.45. The molecule has 1 fully saturated rings. The molecule has 0 atom stereocenters. The van der Waals surface area contributed by atoms with Gasteiger partial charge in [0.15, 0.2) is 0 Å². The molecule has 6 nitrogen and oxygen atoms in total. The van der Waals surface area contributed by atoms with Gasteiger partial charge in [0.25, 0.3) is 0 Å². The molecule has 1 aliphatic heterocycles. The van der Waals surface area contributed by atoms with Crippen molar-refractivity contribution in [2.75, 3.05) is 29.9 Å². The monoisotopic (exact) mass is 429 g/mol. The molecule has 0 spiro atoms. The predicted octanol–water partition coefficient (Wildman–Crippen LogP) is 3.77. The molecule has 1 amide bonds. The molecule has 2 N–H and O–H groups in total. The summed E-state index contributed by atoms with van der Waals surface area (Å²) in [6.07, 6.45) is 4.42. The summed E-state index contributed by atoms with van der Waals surface area (Å²) in [5, 5.41) is 2.76. The molecule has 2 aromatic rings. The highest BCUT2D eigenvalue weighted by Gasteiger charge is 2.17. The second-order valence-corrected chi connectivity index (χ2v) is 9.74. The van der Waals surface area contributed by atoms with Crippen LogP contribution in [0, 0.1) is 13.8 Å². The highest BCUT2D eigenvalue weighted by molar-refractivity contribution is 7.89. The van der Waals surface area contributed by atoms with Crippen LogP contribution >= 0.6 is 0 Å². The molecule has 2 aromatic carbocycles. The van der Waals surface area contributed by atoms with Crippen LogP contribution in [0.2, 0.25) is 0 Å². The van der Waals surface area contributed by atoms with Gasteiger partial charge in [0, 0.05) is 37.9 Å². The number of anilines is 2. The van der Waals surface area contributed by atoms with Gasteiger partial charge in [0.2, 0.25) is 15.9 Å². The Kier molecular flexibility index (Phi) is 7.15. The standard InChI is InChI=1S/C23H31N3O3S/c1-17-15-22(16-18(2)23(17)25-19(3)27)30(28,29)24-12-11-20-7-9-21(10-8-20)26-13-5-4-6-14-26/h7-10,15-16,24H,4-6,11-14H2,1-3H3,(H,25,27). The zero-order valence-corrected chi connectivity index (χ0v) is 18.8. The van der Waals surface area contributed by atoms with Crippen LogP contribution in [0.15, 0.2) is 41.3 Å². The fraction of sp³-hybridized carbons (Fsp3) is 0.435. The van der Waals surface area contributed by atoms with Gasteiger partial charge in [-0.25, -0.2) is 13.1 Å². The van der Waals surface area contributed by atoms with Crippen molar-refractivity contribution in [1.29, 1.82) is 0 Å². The van der Waals surface area contributed by atoms with Gasteiger partial charge in [-0.2, -0.15) is 0 Å². The molecule has 3 rings (SSSR count). The van der Waals surface area contributed by atoms with E-state index in [1.165, 1.54) is 31.9 Å². The molecule has 30 heavy (non-hydrogen) atoms. The number of benzene rings is 2. The molecule has 1 saturated heterocycles. The Balaban J connectivity index is 1.60. The van der Waals surface area contributed by atoms with Crippen LogP contribution in [0.1, 0.15) is 42.9 Å². The third kappa shape index (κ3) is 5.61. The second-order valence-electron chi connectivity index (χ2n) is 7.98. The fourth-order valence-corrected chi connectivity index (χ4v) is 5.09. The Labute approximate surface area is 179 Å². The van der Waals surface area contributed by atoms with Gasteiger partial charge < -0.3 is 10.2 Å². The van der Waals surface area contributed by atoms with E-state index >= 15 is 0 Å². The molecule has 1 aliphatic rings. The van der Waals surface area contributed by atoms with E-state index in [9.17, 15) is 13.2 Å². The number of nitrogens with zero attached hydrogens (tertiary/aromatic N) is 1. The van der Waals surface area contributed by atoms with Crippen molar-refractivity contribution in [2.24, 2.45) is 0 Å². The molecule has 1 heterocycles. The molecular formula is C23H31N3O3S. The number of carbonyl (C=O) groups is 1. The molecule has 0 aliphatic carbocycles. The number of carbonyl (C=O) groups excluding carboxylic acids is 1. The van der Waals surface area contributed by atoms with Crippen molar-refractivity contribution >= 4 is 27.3 Å². The summed E-state index contributed by atoms with van der Waals surface area (Å²) in [7, 11) is -3.62. The SMILES string of the molecule is CC(=O)Nc1c(C)cc(S(=O)(=O)NCCc2ccc(N3CCCCC3)cc2)cc1C. The lowest BCUT2D eigenvalue weighted by Crippen LogP contribution is -2.29. The number of piperidine rings is 1. The number of rotatable bonds is 7. The Morgan fingerprint density at radius 2 is 1.60 bits per heavy atom. The maximum absolute atomic E-state index is 12.7. The summed E-state index contributed by atoms with van der Waals surface area (Å²) in [6, 6.07) is 11.6. The second kappa shape index (κ2) is 9.62. The first kappa shape index (κ1) is 22.3. The molecule has 0 bridgehead atoms. The summed E-state index contributed by atoms with van der Waals surface area (Å²) in [5.74, 6) is -0.179. The molecular weight excluding hydrogens is 398 g/mol. The van der Waals surface area contributed by atoms with Crippen LogP contribution < -0.4 is 14.9 Å². The van der Waals surface area contributed by atoms with E-state index in [1.54, 1.807) is 26.0 Å². The molecule has 0 radical (unpaired) electrons. The summed E-state index contributed by atoms with van der Waals surface area (Å²) in [6.45, 7) is 7.57. The number of aryl methyl sites for hydroxylation is 2. The summed E-state index contributed by atoms with van der Waals surface area (Å²) < 4.78 is 28.1. The third-order valence-electron chi connectivity index (χ3n) is 5.48. The smallest absolute Gasteiger partial charge is 0.240 e. The fourth-order valence-electron chi connectivity index (χ4n) is 3.89. The van der Waals surface area contributed by atoms with Gasteiger partial charge in [0.05, 0.1) is 4.90 Å². The Hall–Kier alpha value is -2.38. The van der Waals surface area contributed by atoms with E-state index in [1.807, 2.05) is 0 Å². The largest absolute Gasteiger partial charge is 0.372 e. The highest BCUT2D eigenvalue weighted by atomic mass is 32.2. The lowest BCUT2D eigenvalue weighted by atomic mass is 10.1. The molecule has 0 unspecified atom stereocenters. The maximum Gasteiger partial charge on any atom is 0.240 e. The average molecular weight is 430 g/mol. The third-order valence-corrected chi connectivity index (χ3v) is 6.92. The number of hydrogen-bond acceptors (Lipinski definition) is 4. The quantitative estimate of drug-likeness (QED) is 0.702. The molecule has 162 valence electrons. The van der Waals surface area contributed by atoms with Crippen molar-refractivity contribution in [3.05, 3.63) is 53.1 Å². The van der Waals surface area contributed by atoms with E-state index in [0.29, 0.717) is 18.7 Å². The first-order chi connectivity index (χ1) is 14.3. The van der Waals surface area contributed by atoms with Crippen LogP contribution in [0.4, 0.5) is 11.4 Å². The first-order valence-corrected chi connectivity index (χ1v) is 12.0. The van der Waals surface area contributed by atoms with Crippen molar-refractivity contribution in [1.82, 2.24) is 4.72 Å². The molecule has 0 aromatic heterocycles. The van der Waals surface area contributed by atoms with Gasteiger partial charge in [-0.05, 0) is 80.5 Å². The van der Waals surface area contributed by atoms with Crippen molar-refractivity contribution in [3.63, 3.8) is 0 Å². The van der Waals surface area contributed by atoms with Crippen LogP contribution in [0.3, 0.4) is 0 Å². The average Bonchev–Trinajstić information content (AvgIpc) is 2.71. The van der Waals surface area contributed by atoms with Crippen molar-refractivity contribution < 1.29 is 13.2 Å². The lowest BCUT2D eigenvalue weighted by molar-refractivity contribution is -0.114. The van der Waals surface area contributed by atoms with Crippen LogP contribution in [0.25, 0.3) is 0 Å². The van der Waals surface area contributed by atoms with Crippen LogP contribution in [0.5, 0.6) is 0 Å². The maximum atomic E-state index is 12.7.